The van der Waals surface area contributed by atoms with Crippen LogP contribution in [0.25, 0.3) is 0 Å². The average molecular weight is 678 g/mol. The highest BCUT2D eigenvalue weighted by Crippen LogP contribution is 2.65. The van der Waals surface area contributed by atoms with Crippen molar-refractivity contribution in [2.75, 3.05) is 6.54 Å². The Morgan fingerprint density at radius 2 is 1.63 bits per heavy atom. The van der Waals surface area contributed by atoms with E-state index in [0.29, 0.717) is 45.1 Å². The van der Waals surface area contributed by atoms with E-state index in [1.807, 2.05) is 65.0 Å². The first-order valence-corrected chi connectivity index (χ1v) is 17.4. The van der Waals surface area contributed by atoms with Crippen LogP contribution >= 0.6 is 0 Å². The van der Waals surface area contributed by atoms with Gasteiger partial charge in [0, 0.05) is 6.54 Å². The molecule has 1 aromatic carbocycles. The Morgan fingerprint density at radius 3 is 2.18 bits per heavy atom. The Bertz CT molecular complexity index is 1490. The summed E-state index contributed by atoms with van der Waals surface area (Å²) in [7, 11) is 0. The lowest BCUT2D eigenvalue weighted by molar-refractivity contribution is -0.156. The van der Waals surface area contributed by atoms with Gasteiger partial charge in [-0.05, 0) is 65.9 Å². The molecule has 5 N–H and O–H groups in total. The third kappa shape index (κ3) is 7.38. The van der Waals surface area contributed by atoms with E-state index in [2.05, 4.69) is 22.5 Å². The fourth-order valence-corrected chi connectivity index (χ4v) is 7.89. The smallest absolute Gasteiger partial charge is 0.332 e. The number of rotatable bonds is 12. The highest BCUT2D eigenvalue weighted by Gasteiger charge is 2.70. The van der Waals surface area contributed by atoms with E-state index in [9.17, 15) is 28.8 Å². The Labute approximate surface area is 288 Å². The fourth-order valence-electron chi connectivity index (χ4n) is 7.89. The van der Waals surface area contributed by atoms with Crippen LogP contribution in [0.2, 0.25) is 0 Å². The Hall–Kier alpha value is -4.22. The molecule has 5 rings (SSSR count). The molecule has 266 valence electrons. The van der Waals surface area contributed by atoms with Crippen molar-refractivity contribution >= 4 is 35.5 Å². The summed E-state index contributed by atoms with van der Waals surface area (Å²) in [4.78, 5) is 81.7. The van der Waals surface area contributed by atoms with Gasteiger partial charge in [-0.2, -0.15) is 0 Å². The van der Waals surface area contributed by atoms with Gasteiger partial charge in [-0.1, -0.05) is 90.8 Å². The van der Waals surface area contributed by atoms with E-state index in [4.69, 9.17) is 10.5 Å². The SMILES string of the molecule is C=CC(OC(=O)C1(NC(=O)N[C@H](C(=O)N2C[C@H]3[C@@H]([C@H]2C(=O)NC(C(=O)C(N)=O)C2CC2)C3(C)C)C(C)(C)C)CCCCC1)c1ccccc1. The van der Waals surface area contributed by atoms with Crippen molar-refractivity contribution < 1.29 is 33.5 Å². The number of nitrogens with one attached hydrogen (secondary N) is 3. The number of fused-ring (bicyclic) bond motifs is 1. The molecule has 0 bridgehead atoms. The van der Waals surface area contributed by atoms with E-state index < -0.39 is 70.7 Å². The molecule has 4 fully saturated rings. The van der Waals surface area contributed by atoms with Crippen LogP contribution in [-0.2, 0) is 28.7 Å². The van der Waals surface area contributed by atoms with Crippen LogP contribution < -0.4 is 21.7 Å². The molecule has 0 radical (unpaired) electrons. The summed E-state index contributed by atoms with van der Waals surface area (Å²) in [5.41, 5.74) is 3.76. The predicted molar refractivity (Wildman–Crippen MR) is 181 cm³/mol. The maximum absolute atomic E-state index is 14.4. The molecule has 12 heteroatoms. The number of likely N-dealkylation sites (tertiary alicyclic amines) is 1. The molecule has 2 unspecified atom stereocenters. The number of urea groups is 1. The number of ketones is 1. The van der Waals surface area contributed by atoms with Crippen molar-refractivity contribution in [3.05, 3.63) is 48.6 Å². The first kappa shape index (κ1) is 36.1. The van der Waals surface area contributed by atoms with Gasteiger partial charge in [0.2, 0.25) is 17.6 Å². The van der Waals surface area contributed by atoms with Crippen molar-refractivity contribution in [3.63, 3.8) is 0 Å². The van der Waals surface area contributed by atoms with Gasteiger partial charge in [0.1, 0.15) is 29.8 Å². The lowest BCUT2D eigenvalue weighted by Gasteiger charge is -2.40. The number of benzene rings is 1. The van der Waals surface area contributed by atoms with E-state index in [0.717, 1.165) is 12.0 Å². The second-order valence-electron chi connectivity index (χ2n) is 16.0. The molecule has 5 amide bonds. The summed E-state index contributed by atoms with van der Waals surface area (Å²) in [6.07, 6.45) is 5.32. The molecular weight excluding hydrogens is 626 g/mol. The highest BCUT2D eigenvalue weighted by atomic mass is 16.5. The van der Waals surface area contributed by atoms with Gasteiger partial charge < -0.3 is 31.3 Å². The van der Waals surface area contributed by atoms with Gasteiger partial charge in [-0.25, -0.2) is 9.59 Å². The number of hydrogen-bond acceptors (Lipinski definition) is 7. The number of nitrogens with zero attached hydrogens (tertiary/aromatic N) is 1. The molecule has 1 heterocycles. The van der Waals surface area contributed by atoms with Crippen LogP contribution in [0.15, 0.2) is 43.0 Å². The normalized spacial score (nSPS) is 25.4. The number of carbonyl (C=O) groups is 6. The zero-order chi connectivity index (χ0) is 35.9. The number of carbonyl (C=O) groups excluding carboxylic acids is 6. The average Bonchev–Trinajstić information content (AvgIpc) is 3.93. The third-order valence-corrected chi connectivity index (χ3v) is 11.1. The molecule has 0 spiro atoms. The highest BCUT2D eigenvalue weighted by molar-refractivity contribution is 6.38. The van der Waals surface area contributed by atoms with Crippen LogP contribution in [-0.4, -0.2) is 70.6 Å². The van der Waals surface area contributed by atoms with Crippen LogP contribution in [0.4, 0.5) is 4.79 Å². The monoisotopic (exact) mass is 677 g/mol. The summed E-state index contributed by atoms with van der Waals surface area (Å²) in [5.74, 6) is -3.73. The number of amides is 5. The molecule has 49 heavy (non-hydrogen) atoms. The molecule has 3 aliphatic carbocycles. The summed E-state index contributed by atoms with van der Waals surface area (Å²) >= 11 is 0. The summed E-state index contributed by atoms with van der Waals surface area (Å²) in [6.45, 7) is 13.7. The van der Waals surface area contributed by atoms with E-state index >= 15 is 0 Å². The Kier molecular flexibility index (Phi) is 10.0. The molecular formula is C37H51N5O7. The maximum Gasteiger partial charge on any atom is 0.332 e. The quantitative estimate of drug-likeness (QED) is 0.149. The van der Waals surface area contributed by atoms with Crippen molar-refractivity contribution in [3.8, 4) is 0 Å². The topological polar surface area (TPSA) is 177 Å². The van der Waals surface area contributed by atoms with Crippen LogP contribution in [0.3, 0.4) is 0 Å². The van der Waals surface area contributed by atoms with Gasteiger partial charge in [0.15, 0.2) is 0 Å². The van der Waals surface area contributed by atoms with Gasteiger partial charge in [-0.3, -0.25) is 19.2 Å². The van der Waals surface area contributed by atoms with Gasteiger partial charge in [0.25, 0.3) is 5.91 Å². The first-order valence-electron chi connectivity index (χ1n) is 17.4. The minimum atomic E-state index is -1.30. The van der Waals surface area contributed by atoms with Crippen molar-refractivity contribution in [1.29, 1.82) is 0 Å². The lowest BCUT2D eigenvalue weighted by Crippen LogP contribution is -2.64. The van der Waals surface area contributed by atoms with E-state index in [-0.39, 0.29) is 23.2 Å². The Morgan fingerprint density at radius 1 is 1.00 bits per heavy atom. The number of primary amides is 1. The van der Waals surface area contributed by atoms with Gasteiger partial charge >= 0.3 is 12.0 Å². The van der Waals surface area contributed by atoms with Crippen molar-refractivity contribution in [2.24, 2.45) is 34.3 Å². The number of hydrogen-bond donors (Lipinski definition) is 4. The molecule has 1 saturated heterocycles. The molecule has 4 aliphatic rings. The number of Topliss-reactive ketones (excluding diaryl/α,β-unsaturated/α-hetero) is 1. The second-order valence-corrected chi connectivity index (χ2v) is 16.0. The summed E-state index contributed by atoms with van der Waals surface area (Å²) in [6, 6.07) is 5.56. The molecule has 0 aromatic heterocycles. The van der Waals surface area contributed by atoms with Gasteiger partial charge in [-0.15, -0.1) is 0 Å². The van der Waals surface area contributed by atoms with E-state index in [1.54, 1.807) is 6.08 Å². The zero-order valence-corrected chi connectivity index (χ0v) is 29.3. The maximum atomic E-state index is 14.4. The Balaban J connectivity index is 1.34. The number of ether oxygens (including phenoxy) is 1. The van der Waals surface area contributed by atoms with Crippen molar-refractivity contribution in [2.45, 2.75) is 109 Å². The number of piperidine rings is 1. The predicted octanol–water partition coefficient (Wildman–Crippen LogP) is 3.31. The minimum absolute atomic E-state index is 0.0514. The zero-order valence-electron chi connectivity index (χ0n) is 29.3. The van der Waals surface area contributed by atoms with Crippen LogP contribution in [0.1, 0.15) is 91.2 Å². The minimum Gasteiger partial charge on any atom is -0.451 e. The molecule has 3 saturated carbocycles. The van der Waals surface area contributed by atoms with Crippen LogP contribution in [0, 0.1) is 28.6 Å². The van der Waals surface area contributed by atoms with Gasteiger partial charge in [0.05, 0.1) is 0 Å². The molecule has 1 aliphatic heterocycles. The lowest BCUT2D eigenvalue weighted by atomic mass is 9.81. The summed E-state index contributed by atoms with van der Waals surface area (Å²) < 4.78 is 5.92. The summed E-state index contributed by atoms with van der Waals surface area (Å²) in [5, 5.41) is 8.52. The number of esters is 1. The molecule has 12 nitrogen and oxygen atoms in total. The molecule has 1 aromatic rings. The van der Waals surface area contributed by atoms with E-state index in [1.165, 1.54) is 4.90 Å². The number of nitrogens with two attached hydrogens (primary N) is 1. The second kappa shape index (κ2) is 13.6. The van der Waals surface area contributed by atoms with Crippen LogP contribution in [0.5, 0.6) is 0 Å². The first-order chi connectivity index (χ1) is 23.0. The largest absolute Gasteiger partial charge is 0.451 e. The fraction of sp³-hybridized carbons (Fsp3) is 0.622. The standard InChI is InChI=1S/C37H51N5O7/c1-7-24(21-14-10-8-11-15-21)49-33(47)37(18-12-9-13-19-37)41-34(48)40-29(35(2,3)4)32(46)42-20-23-25(36(23,5)6)27(42)31(45)39-26(22-16-17-22)28(43)30(38)44/h7-8,10-11,14-15,22-27,29H,1,9,12-13,16-20H2,2-6H3,(H2,38,44)(H,39,45)(H2,40,41,48)/t23-,24?,25-,26?,27-,29+/m0/s1. The molecule has 6 atom stereocenters. The van der Waals surface area contributed by atoms with Crippen molar-refractivity contribution in [1.82, 2.24) is 20.9 Å². The third-order valence-electron chi connectivity index (χ3n) is 11.1.